The molecule has 9 rings (SSSR count). The first-order valence-corrected chi connectivity index (χ1v) is 15.5. The Bertz CT molecular complexity index is 1550. The maximum absolute atomic E-state index is 6.25. The average molecular weight is 633 g/mol. The molecule has 4 atom stereocenters. The number of rotatable bonds is 9. The van der Waals surface area contributed by atoms with Gasteiger partial charge in [0, 0.05) is 79.9 Å². The molecule has 0 aromatic carbocycles. The number of pyridine rings is 3. The van der Waals surface area contributed by atoms with Gasteiger partial charge in [0.15, 0.2) is 0 Å². The van der Waals surface area contributed by atoms with Gasteiger partial charge in [-0.15, -0.1) is 0 Å². The maximum Gasteiger partial charge on any atom is 0.212 e. The lowest BCUT2D eigenvalue weighted by atomic mass is 9.87. The SMILES string of the molecule is COc1ccc(CN2C3CC2CN(c2ccc(-c4cc(OCCN5C6COCC5C6)cn5ncc(Br)c45)cn2)C3)cn1. The lowest BCUT2D eigenvalue weighted by molar-refractivity contribution is -0.129. The summed E-state index contributed by atoms with van der Waals surface area (Å²) in [5.74, 6) is 2.49. The Morgan fingerprint density at radius 3 is 2.50 bits per heavy atom. The highest BCUT2D eigenvalue weighted by Crippen LogP contribution is 2.37. The molecule has 0 aliphatic carbocycles. The molecule has 0 amide bonds. The number of ether oxygens (including phenoxy) is 3. The van der Waals surface area contributed by atoms with Crippen molar-refractivity contribution >= 4 is 27.3 Å². The first kappa shape index (κ1) is 26.4. The van der Waals surface area contributed by atoms with E-state index < -0.39 is 0 Å². The van der Waals surface area contributed by atoms with E-state index in [1.807, 2.05) is 35.4 Å². The van der Waals surface area contributed by atoms with Crippen LogP contribution < -0.4 is 14.4 Å². The molecule has 0 saturated carbocycles. The Morgan fingerprint density at radius 1 is 0.952 bits per heavy atom. The smallest absolute Gasteiger partial charge is 0.212 e. The number of hydrogen-bond donors (Lipinski definition) is 0. The molecule has 4 aromatic rings. The van der Waals surface area contributed by atoms with Crippen LogP contribution in [0, 0.1) is 0 Å². The van der Waals surface area contributed by atoms with Crippen molar-refractivity contribution in [2.24, 2.45) is 0 Å². The van der Waals surface area contributed by atoms with Crippen LogP contribution in [-0.2, 0) is 11.3 Å². The number of morpholine rings is 1. The fourth-order valence-corrected chi connectivity index (χ4v) is 7.59. The van der Waals surface area contributed by atoms with Gasteiger partial charge in [-0.2, -0.15) is 5.10 Å². The highest BCUT2D eigenvalue weighted by atomic mass is 79.9. The molecule has 5 aliphatic rings. The lowest BCUT2D eigenvalue weighted by Gasteiger charge is -2.56. The van der Waals surface area contributed by atoms with Crippen molar-refractivity contribution in [2.45, 2.75) is 43.6 Å². The van der Waals surface area contributed by atoms with Gasteiger partial charge in [0.2, 0.25) is 5.88 Å². The number of methoxy groups -OCH3 is 1. The molecule has 4 unspecified atom stereocenters. The molecule has 11 heteroatoms. The number of hydrogen-bond acceptors (Lipinski definition) is 9. The van der Waals surface area contributed by atoms with Gasteiger partial charge in [0.05, 0.1) is 42.7 Å². The van der Waals surface area contributed by atoms with E-state index in [1.165, 1.54) is 18.4 Å². The summed E-state index contributed by atoms with van der Waals surface area (Å²) in [6, 6.07) is 12.7. The topological polar surface area (TPSA) is 80.5 Å². The molecule has 5 saturated heterocycles. The number of nitrogens with zero attached hydrogens (tertiary/aromatic N) is 7. The van der Waals surface area contributed by atoms with Crippen LogP contribution in [0.1, 0.15) is 18.4 Å². The van der Waals surface area contributed by atoms with Crippen LogP contribution in [0.2, 0.25) is 0 Å². The zero-order valence-electron chi connectivity index (χ0n) is 23.6. The second-order valence-electron chi connectivity index (χ2n) is 11.8. The third-order valence-electron chi connectivity index (χ3n) is 9.36. The number of aromatic nitrogens is 4. The van der Waals surface area contributed by atoms with Gasteiger partial charge < -0.3 is 19.1 Å². The van der Waals surface area contributed by atoms with E-state index in [9.17, 15) is 0 Å². The van der Waals surface area contributed by atoms with Gasteiger partial charge in [-0.1, -0.05) is 6.07 Å². The number of fused-ring (bicyclic) bond motifs is 5. The zero-order valence-corrected chi connectivity index (χ0v) is 25.2. The second kappa shape index (κ2) is 10.8. The molecule has 0 radical (unpaired) electrons. The predicted molar refractivity (Wildman–Crippen MR) is 162 cm³/mol. The van der Waals surface area contributed by atoms with E-state index in [1.54, 1.807) is 7.11 Å². The number of piperidine rings is 1. The van der Waals surface area contributed by atoms with Gasteiger partial charge in [0.25, 0.3) is 0 Å². The standard InChI is InChI=1S/C31H34BrN7O3/c1-40-30-5-2-20(11-34-30)14-38-22-8-23(38)16-36(15-22)29-4-3-21(12-33-29)27-10-26(17-39-31(27)28(32)13-35-39)42-7-6-37-24-9-25(37)19-41-18-24/h2-5,10-13,17,22-25H,6-9,14-16,18-19H2,1H3. The van der Waals surface area contributed by atoms with Crippen LogP contribution in [0.5, 0.6) is 11.6 Å². The lowest BCUT2D eigenvalue weighted by Crippen LogP contribution is -2.68. The van der Waals surface area contributed by atoms with Gasteiger partial charge in [-0.05, 0) is 52.5 Å². The van der Waals surface area contributed by atoms with E-state index in [-0.39, 0.29) is 0 Å². The summed E-state index contributed by atoms with van der Waals surface area (Å²) in [6.45, 7) is 6.13. The molecular weight excluding hydrogens is 598 g/mol. The van der Waals surface area contributed by atoms with Crippen LogP contribution in [-0.4, -0.2) is 100 Å². The van der Waals surface area contributed by atoms with Crippen LogP contribution in [0.3, 0.4) is 0 Å². The van der Waals surface area contributed by atoms with E-state index in [2.05, 4.69) is 65.0 Å². The van der Waals surface area contributed by atoms with Crippen LogP contribution in [0.25, 0.3) is 16.6 Å². The minimum absolute atomic E-state index is 0.534. The molecule has 0 N–H and O–H groups in total. The third kappa shape index (κ3) is 4.72. The molecule has 42 heavy (non-hydrogen) atoms. The molecule has 9 heterocycles. The molecule has 218 valence electrons. The van der Waals surface area contributed by atoms with Crippen molar-refractivity contribution in [3.05, 3.63) is 65.2 Å². The summed E-state index contributed by atoms with van der Waals surface area (Å²) in [7, 11) is 1.65. The van der Waals surface area contributed by atoms with Gasteiger partial charge in [-0.3, -0.25) is 9.80 Å². The quantitative estimate of drug-likeness (QED) is 0.273. The molecule has 0 spiro atoms. The normalized spacial score (nSPS) is 25.2. The Hall–Kier alpha value is -3.25. The van der Waals surface area contributed by atoms with E-state index in [0.717, 1.165) is 72.1 Å². The van der Waals surface area contributed by atoms with E-state index in [4.69, 9.17) is 19.2 Å². The summed E-state index contributed by atoms with van der Waals surface area (Å²) in [6.07, 6.45) is 10.2. The molecule has 5 aliphatic heterocycles. The first-order chi connectivity index (χ1) is 20.6. The summed E-state index contributed by atoms with van der Waals surface area (Å²) in [5, 5.41) is 4.55. The monoisotopic (exact) mass is 631 g/mol. The van der Waals surface area contributed by atoms with Gasteiger partial charge >= 0.3 is 0 Å². The zero-order chi connectivity index (χ0) is 28.2. The van der Waals surface area contributed by atoms with Gasteiger partial charge in [-0.25, -0.2) is 14.5 Å². The molecule has 5 fully saturated rings. The third-order valence-corrected chi connectivity index (χ3v) is 9.94. The predicted octanol–water partition coefficient (Wildman–Crippen LogP) is 3.88. The van der Waals surface area contributed by atoms with Crippen molar-refractivity contribution in [1.82, 2.24) is 29.4 Å². The molecule has 4 bridgehead atoms. The van der Waals surface area contributed by atoms with Gasteiger partial charge in [0.1, 0.15) is 18.2 Å². The summed E-state index contributed by atoms with van der Waals surface area (Å²) < 4.78 is 19.9. The summed E-state index contributed by atoms with van der Waals surface area (Å²) >= 11 is 3.69. The Kier molecular flexibility index (Phi) is 6.78. The number of piperazine rings is 1. The summed E-state index contributed by atoms with van der Waals surface area (Å²) in [5.41, 5.74) is 4.32. The highest BCUT2D eigenvalue weighted by molar-refractivity contribution is 9.10. The van der Waals surface area contributed by atoms with E-state index >= 15 is 0 Å². The number of halogens is 1. The number of anilines is 1. The Labute approximate surface area is 253 Å². The van der Waals surface area contributed by atoms with E-state index in [0.29, 0.717) is 36.7 Å². The van der Waals surface area contributed by atoms with Crippen molar-refractivity contribution in [2.75, 3.05) is 51.5 Å². The molecule has 4 aromatic heterocycles. The fourth-order valence-electron chi connectivity index (χ4n) is 7.11. The summed E-state index contributed by atoms with van der Waals surface area (Å²) in [4.78, 5) is 16.8. The van der Waals surface area contributed by atoms with Crippen LogP contribution >= 0.6 is 15.9 Å². The van der Waals surface area contributed by atoms with Crippen LogP contribution in [0.15, 0.2) is 59.6 Å². The van der Waals surface area contributed by atoms with Crippen molar-refractivity contribution in [3.63, 3.8) is 0 Å². The minimum Gasteiger partial charge on any atom is -0.491 e. The average Bonchev–Trinajstić information content (AvgIpc) is 3.42. The van der Waals surface area contributed by atoms with Crippen molar-refractivity contribution in [1.29, 1.82) is 0 Å². The minimum atomic E-state index is 0.534. The maximum atomic E-state index is 6.25. The largest absolute Gasteiger partial charge is 0.491 e. The second-order valence-corrected chi connectivity index (χ2v) is 12.6. The molecule has 10 nitrogen and oxygen atoms in total. The molecular formula is C31H34BrN7O3. The fraction of sp³-hybridized carbons (Fsp3) is 0.452. The first-order valence-electron chi connectivity index (χ1n) is 14.7. The Morgan fingerprint density at radius 2 is 1.79 bits per heavy atom. The Balaban J connectivity index is 0.947. The van der Waals surface area contributed by atoms with Crippen molar-refractivity contribution in [3.8, 4) is 22.8 Å². The van der Waals surface area contributed by atoms with Crippen molar-refractivity contribution < 1.29 is 14.2 Å². The van der Waals surface area contributed by atoms with Crippen LogP contribution in [0.4, 0.5) is 5.82 Å². The highest BCUT2D eigenvalue weighted by Gasteiger charge is 2.45.